The predicted octanol–water partition coefficient (Wildman–Crippen LogP) is 3.60. The van der Waals surface area contributed by atoms with Crippen LogP contribution in [0, 0.1) is 24.2 Å². The fraction of sp³-hybridized carbons (Fsp3) is 0.529. The Morgan fingerprint density at radius 3 is 2.55 bits per heavy atom. The Labute approximate surface area is 121 Å². The molecule has 106 valence electrons. The van der Waals surface area contributed by atoms with Gasteiger partial charge in [-0.25, -0.2) is 0 Å². The summed E-state index contributed by atoms with van der Waals surface area (Å²) < 4.78 is 0. The largest absolute Gasteiger partial charge is 0.326 e. The lowest BCUT2D eigenvalue weighted by Crippen LogP contribution is -2.36. The molecule has 0 heterocycles. The van der Waals surface area contributed by atoms with E-state index in [1.807, 2.05) is 31.2 Å². The minimum atomic E-state index is -0.481. The van der Waals surface area contributed by atoms with Gasteiger partial charge in [0.25, 0.3) is 0 Å². The van der Waals surface area contributed by atoms with Crippen LogP contribution < -0.4 is 0 Å². The maximum Gasteiger partial charge on any atom is 0.226 e. The Morgan fingerprint density at radius 2 is 1.95 bits per heavy atom. The highest BCUT2D eigenvalue weighted by Crippen LogP contribution is 2.29. The van der Waals surface area contributed by atoms with Crippen molar-refractivity contribution in [3.63, 3.8) is 0 Å². The Balaban J connectivity index is 2.17. The van der Waals surface area contributed by atoms with Gasteiger partial charge in [-0.1, -0.05) is 43.5 Å². The fourth-order valence-electron chi connectivity index (χ4n) is 3.02. The van der Waals surface area contributed by atoms with Crippen LogP contribution in [0.2, 0.25) is 0 Å². The molecule has 0 saturated heterocycles. The molecule has 0 spiro atoms. The summed E-state index contributed by atoms with van der Waals surface area (Å²) in [5, 5.41) is 9.48. The molecule has 1 fully saturated rings. The summed E-state index contributed by atoms with van der Waals surface area (Å²) in [5.74, 6) is 0.230. The van der Waals surface area contributed by atoms with E-state index in [0.717, 1.165) is 36.8 Å². The summed E-state index contributed by atoms with van der Waals surface area (Å²) >= 11 is 0. The second-order valence-corrected chi connectivity index (χ2v) is 5.67. The molecule has 1 aliphatic rings. The van der Waals surface area contributed by atoms with Gasteiger partial charge in [-0.3, -0.25) is 4.79 Å². The Bertz CT molecular complexity index is 512. The van der Waals surface area contributed by atoms with Crippen LogP contribution in [0.1, 0.15) is 49.3 Å². The van der Waals surface area contributed by atoms with Gasteiger partial charge in [0.1, 0.15) is 6.04 Å². The van der Waals surface area contributed by atoms with Crippen molar-refractivity contribution in [3.05, 3.63) is 35.4 Å². The summed E-state index contributed by atoms with van der Waals surface area (Å²) in [5.41, 5.74) is 1.99. The number of hydrogen-bond acceptors (Lipinski definition) is 2. The Kier molecular flexibility index (Phi) is 4.79. The summed E-state index contributed by atoms with van der Waals surface area (Å²) in [6, 6.07) is 9.60. The van der Waals surface area contributed by atoms with Gasteiger partial charge < -0.3 is 4.90 Å². The summed E-state index contributed by atoms with van der Waals surface area (Å²) in [4.78, 5) is 14.2. The molecule has 20 heavy (non-hydrogen) atoms. The van der Waals surface area contributed by atoms with Gasteiger partial charge in [-0.15, -0.1) is 0 Å². The lowest BCUT2D eigenvalue weighted by Gasteiger charge is -2.30. The number of nitriles is 1. The fourth-order valence-corrected chi connectivity index (χ4v) is 3.02. The van der Waals surface area contributed by atoms with E-state index in [2.05, 4.69) is 6.07 Å². The lowest BCUT2D eigenvalue weighted by atomic mass is 9.87. The van der Waals surface area contributed by atoms with E-state index in [9.17, 15) is 10.1 Å². The van der Waals surface area contributed by atoms with Crippen LogP contribution in [-0.4, -0.2) is 17.9 Å². The molecule has 1 aliphatic carbocycles. The first kappa shape index (κ1) is 14.6. The molecule has 0 bridgehead atoms. The van der Waals surface area contributed by atoms with Gasteiger partial charge in [0.05, 0.1) is 6.07 Å². The van der Waals surface area contributed by atoms with Gasteiger partial charge in [-0.2, -0.15) is 5.26 Å². The van der Waals surface area contributed by atoms with E-state index >= 15 is 0 Å². The molecular formula is C17H22N2O. The number of hydrogen-bond donors (Lipinski definition) is 0. The second kappa shape index (κ2) is 6.56. The SMILES string of the molecule is Cc1ccccc1C(C#N)N(C)C(=O)C1CCCCC1. The van der Waals surface area contributed by atoms with Crippen molar-refractivity contribution in [2.45, 2.75) is 45.1 Å². The monoisotopic (exact) mass is 270 g/mol. The molecule has 2 rings (SSSR count). The van der Waals surface area contributed by atoms with Gasteiger partial charge in [0.15, 0.2) is 0 Å². The van der Waals surface area contributed by atoms with Crippen molar-refractivity contribution in [2.75, 3.05) is 7.05 Å². The molecule has 0 N–H and O–H groups in total. The van der Waals surface area contributed by atoms with Crippen molar-refractivity contribution in [1.82, 2.24) is 4.90 Å². The molecule has 3 nitrogen and oxygen atoms in total. The zero-order chi connectivity index (χ0) is 14.5. The molecule has 1 aromatic rings. The normalized spacial score (nSPS) is 17.2. The third-order valence-electron chi connectivity index (χ3n) is 4.29. The third kappa shape index (κ3) is 3.01. The highest BCUT2D eigenvalue weighted by atomic mass is 16.2. The quantitative estimate of drug-likeness (QED) is 0.842. The van der Waals surface area contributed by atoms with Crippen molar-refractivity contribution in [2.24, 2.45) is 5.92 Å². The molecule has 0 aromatic heterocycles. The standard InChI is InChI=1S/C17H22N2O/c1-13-8-6-7-11-15(13)16(12-18)19(2)17(20)14-9-4-3-5-10-14/h6-8,11,14,16H,3-5,9-10H2,1-2H3. The van der Waals surface area contributed by atoms with Crippen molar-refractivity contribution in [3.8, 4) is 6.07 Å². The molecular weight excluding hydrogens is 248 g/mol. The first-order valence-corrected chi connectivity index (χ1v) is 7.37. The summed E-state index contributed by atoms with van der Waals surface area (Å²) in [6.07, 6.45) is 5.43. The molecule has 1 aromatic carbocycles. The van der Waals surface area contributed by atoms with Crippen LogP contribution in [0.5, 0.6) is 0 Å². The van der Waals surface area contributed by atoms with Crippen LogP contribution in [-0.2, 0) is 4.79 Å². The number of aryl methyl sites for hydroxylation is 1. The number of rotatable bonds is 3. The maximum atomic E-state index is 12.6. The van der Waals surface area contributed by atoms with Crippen LogP contribution in [0.4, 0.5) is 0 Å². The van der Waals surface area contributed by atoms with Crippen LogP contribution in [0.15, 0.2) is 24.3 Å². The average molecular weight is 270 g/mol. The average Bonchev–Trinajstić information content (AvgIpc) is 2.50. The van der Waals surface area contributed by atoms with E-state index in [0.29, 0.717) is 0 Å². The van der Waals surface area contributed by atoms with Gasteiger partial charge in [-0.05, 0) is 30.9 Å². The molecule has 1 unspecified atom stereocenters. The van der Waals surface area contributed by atoms with E-state index in [1.165, 1.54) is 6.42 Å². The minimum Gasteiger partial charge on any atom is -0.326 e. The molecule has 3 heteroatoms. The number of carbonyl (C=O) groups is 1. The molecule has 0 radical (unpaired) electrons. The maximum absolute atomic E-state index is 12.6. The molecule has 1 saturated carbocycles. The Hall–Kier alpha value is -1.82. The number of amides is 1. The van der Waals surface area contributed by atoms with E-state index in [1.54, 1.807) is 11.9 Å². The first-order valence-electron chi connectivity index (χ1n) is 7.37. The topological polar surface area (TPSA) is 44.1 Å². The zero-order valence-corrected chi connectivity index (χ0v) is 12.3. The summed E-state index contributed by atoms with van der Waals surface area (Å²) in [6.45, 7) is 1.98. The van der Waals surface area contributed by atoms with E-state index < -0.39 is 6.04 Å². The number of benzene rings is 1. The molecule has 1 amide bonds. The third-order valence-corrected chi connectivity index (χ3v) is 4.29. The number of carbonyl (C=O) groups excluding carboxylic acids is 1. The predicted molar refractivity (Wildman–Crippen MR) is 78.9 cm³/mol. The van der Waals surface area contributed by atoms with Crippen LogP contribution in [0.3, 0.4) is 0 Å². The second-order valence-electron chi connectivity index (χ2n) is 5.67. The van der Waals surface area contributed by atoms with Crippen molar-refractivity contribution >= 4 is 5.91 Å². The van der Waals surface area contributed by atoms with Crippen molar-refractivity contribution in [1.29, 1.82) is 5.26 Å². The van der Waals surface area contributed by atoms with Gasteiger partial charge >= 0.3 is 0 Å². The highest BCUT2D eigenvalue weighted by Gasteiger charge is 2.29. The van der Waals surface area contributed by atoms with Gasteiger partial charge in [0, 0.05) is 13.0 Å². The lowest BCUT2D eigenvalue weighted by molar-refractivity contribution is -0.136. The first-order chi connectivity index (χ1) is 9.65. The minimum absolute atomic E-state index is 0.105. The van der Waals surface area contributed by atoms with E-state index in [-0.39, 0.29) is 11.8 Å². The van der Waals surface area contributed by atoms with Crippen LogP contribution in [0.25, 0.3) is 0 Å². The zero-order valence-electron chi connectivity index (χ0n) is 12.3. The summed E-state index contributed by atoms with van der Waals surface area (Å²) in [7, 11) is 1.76. The molecule has 1 atom stereocenters. The van der Waals surface area contributed by atoms with E-state index in [4.69, 9.17) is 0 Å². The Morgan fingerprint density at radius 1 is 1.30 bits per heavy atom. The van der Waals surface area contributed by atoms with Crippen molar-refractivity contribution < 1.29 is 4.79 Å². The van der Waals surface area contributed by atoms with Gasteiger partial charge in [0.2, 0.25) is 5.91 Å². The number of nitrogens with zero attached hydrogens (tertiary/aromatic N) is 2. The van der Waals surface area contributed by atoms with Crippen LogP contribution >= 0.6 is 0 Å². The highest BCUT2D eigenvalue weighted by molar-refractivity contribution is 5.79. The smallest absolute Gasteiger partial charge is 0.226 e. The molecule has 0 aliphatic heterocycles.